The first-order valence-corrected chi connectivity index (χ1v) is 12.7. The summed E-state index contributed by atoms with van der Waals surface area (Å²) >= 11 is 0. The zero-order chi connectivity index (χ0) is 27.4. The van der Waals surface area contributed by atoms with E-state index in [-0.39, 0.29) is 29.4 Å². The molecular formula is C30H35ClN4O4. The Morgan fingerprint density at radius 1 is 0.974 bits per heavy atom. The smallest absolute Gasteiger partial charge is 0.251 e. The number of amides is 1. The lowest BCUT2D eigenvalue weighted by Gasteiger charge is -2.20. The molecule has 8 nitrogen and oxygen atoms in total. The van der Waals surface area contributed by atoms with Crippen molar-refractivity contribution >= 4 is 40.9 Å². The lowest BCUT2D eigenvalue weighted by Crippen LogP contribution is -2.27. The molecule has 1 amide bonds. The van der Waals surface area contributed by atoms with E-state index in [1.165, 1.54) is 6.07 Å². The average molecular weight is 551 g/mol. The van der Waals surface area contributed by atoms with Crippen molar-refractivity contribution in [3.05, 3.63) is 71.1 Å². The highest BCUT2D eigenvalue weighted by Gasteiger charge is 2.22. The van der Waals surface area contributed by atoms with Gasteiger partial charge in [-0.2, -0.15) is 0 Å². The van der Waals surface area contributed by atoms with Crippen molar-refractivity contribution in [2.24, 2.45) is 5.73 Å². The second kappa shape index (κ2) is 12.8. The van der Waals surface area contributed by atoms with Gasteiger partial charge in [-0.3, -0.25) is 4.79 Å². The van der Waals surface area contributed by atoms with E-state index in [1.807, 2.05) is 74.1 Å². The molecule has 206 valence electrons. The number of benzene rings is 3. The standard InChI is InChI=1S/C30H34N4O4.ClH/c1-33(2)20-9-12-23-26(17-20)38-27-18-21(34(3)4)10-13-24(27)28(23)22-11-8-19(16-25(22)30(36)37)29(35)32-15-7-5-6-14-31;/h8-13,16-18H,5-7,14-15,31H2,1-4H3,(H-,32,35,36,37);1H. The van der Waals surface area contributed by atoms with Crippen molar-refractivity contribution in [1.82, 2.24) is 9.89 Å². The van der Waals surface area contributed by atoms with E-state index < -0.39 is 5.97 Å². The summed E-state index contributed by atoms with van der Waals surface area (Å²) in [6.07, 6.45) is 2.63. The molecule has 0 fully saturated rings. The zero-order valence-corrected chi connectivity index (χ0v) is 23.6. The number of carbonyl (C=O) groups is 2. The molecule has 0 radical (unpaired) electrons. The largest absolute Gasteiger partial charge is 0.545 e. The number of hydrogen-bond donors (Lipinski definition) is 2. The molecule has 2 aromatic rings. The molecule has 0 atom stereocenters. The van der Waals surface area contributed by atoms with Gasteiger partial charge in [-0.25, -0.2) is 4.58 Å². The van der Waals surface area contributed by atoms with E-state index in [0.717, 1.165) is 41.3 Å². The Labute approximate surface area is 234 Å². The fraction of sp³-hybridized carbons (Fsp3) is 0.300. The van der Waals surface area contributed by atoms with Gasteiger partial charge in [-0.05, 0) is 55.3 Å². The Morgan fingerprint density at radius 2 is 1.72 bits per heavy atom. The van der Waals surface area contributed by atoms with Crippen LogP contribution in [0, 0.1) is 0 Å². The Kier molecular flexibility index (Phi) is 9.72. The molecular weight excluding hydrogens is 516 g/mol. The molecule has 0 saturated carbocycles. The maximum Gasteiger partial charge on any atom is 0.251 e. The zero-order valence-electron chi connectivity index (χ0n) is 22.7. The molecule has 0 unspecified atom stereocenters. The minimum Gasteiger partial charge on any atom is -0.545 e. The van der Waals surface area contributed by atoms with Gasteiger partial charge in [-0.1, -0.05) is 12.5 Å². The molecule has 0 bridgehead atoms. The number of unbranched alkanes of at least 4 members (excludes halogenated alkanes) is 2. The number of carboxylic acids is 1. The Balaban J connectivity index is 0.00000420. The van der Waals surface area contributed by atoms with Crippen LogP contribution in [0.4, 0.5) is 5.69 Å². The van der Waals surface area contributed by atoms with Gasteiger partial charge in [0.2, 0.25) is 5.36 Å². The van der Waals surface area contributed by atoms with Crippen LogP contribution in [0.5, 0.6) is 0 Å². The topological polar surface area (TPSA) is 115 Å². The maximum atomic E-state index is 12.8. The quantitative estimate of drug-likeness (QED) is 0.188. The van der Waals surface area contributed by atoms with Crippen LogP contribution >= 0.6 is 12.4 Å². The SMILES string of the molecule is CN(C)c1ccc2c(-c3ccc(C(=O)NCCCCCN)cc3C(=O)[O-])c3ccc(=[N+](C)C)cc-3oc2c1.Cl. The molecule has 0 aromatic heterocycles. The predicted octanol–water partition coefficient (Wildman–Crippen LogP) is 2.95. The van der Waals surface area contributed by atoms with Crippen LogP contribution in [-0.4, -0.2) is 53.2 Å². The molecule has 1 heterocycles. The van der Waals surface area contributed by atoms with Crippen LogP contribution < -0.4 is 31.0 Å². The molecule has 2 aliphatic rings. The van der Waals surface area contributed by atoms with E-state index in [0.29, 0.717) is 35.6 Å². The predicted molar refractivity (Wildman–Crippen MR) is 157 cm³/mol. The number of anilines is 1. The molecule has 2 aromatic carbocycles. The van der Waals surface area contributed by atoms with Crippen molar-refractivity contribution in [3.63, 3.8) is 0 Å². The van der Waals surface area contributed by atoms with E-state index in [4.69, 9.17) is 10.2 Å². The number of rotatable bonds is 9. The summed E-state index contributed by atoms with van der Waals surface area (Å²) in [7, 11) is 7.79. The Bertz CT molecular complexity index is 1540. The molecule has 9 heteroatoms. The average Bonchev–Trinajstić information content (AvgIpc) is 2.90. The van der Waals surface area contributed by atoms with Crippen molar-refractivity contribution in [2.45, 2.75) is 19.3 Å². The van der Waals surface area contributed by atoms with Crippen LogP contribution in [0.15, 0.2) is 59.0 Å². The summed E-state index contributed by atoms with van der Waals surface area (Å²) in [4.78, 5) is 27.1. The summed E-state index contributed by atoms with van der Waals surface area (Å²) in [5.74, 6) is -1.05. The number of halogens is 1. The summed E-state index contributed by atoms with van der Waals surface area (Å²) in [5, 5.41) is 16.9. The van der Waals surface area contributed by atoms with Gasteiger partial charge >= 0.3 is 0 Å². The minimum atomic E-state index is -1.35. The van der Waals surface area contributed by atoms with Crippen LogP contribution in [0.2, 0.25) is 0 Å². The van der Waals surface area contributed by atoms with Gasteiger partial charge in [0.05, 0.1) is 12.0 Å². The first-order valence-electron chi connectivity index (χ1n) is 12.7. The van der Waals surface area contributed by atoms with E-state index in [9.17, 15) is 14.7 Å². The normalized spacial score (nSPS) is 10.8. The monoisotopic (exact) mass is 550 g/mol. The molecule has 1 aliphatic heterocycles. The lowest BCUT2D eigenvalue weighted by atomic mass is 9.89. The molecule has 1 aliphatic carbocycles. The van der Waals surface area contributed by atoms with Gasteiger partial charge < -0.3 is 30.3 Å². The minimum absolute atomic E-state index is 0. The molecule has 0 saturated heterocycles. The highest BCUT2D eigenvalue weighted by molar-refractivity contribution is 6.08. The van der Waals surface area contributed by atoms with Crippen LogP contribution in [0.1, 0.15) is 40.0 Å². The molecule has 0 spiro atoms. The highest BCUT2D eigenvalue weighted by atomic mass is 35.5. The number of nitrogens with zero attached hydrogens (tertiary/aromatic N) is 2. The number of fused-ring (bicyclic) bond motifs is 2. The number of carbonyl (C=O) groups excluding carboxylic acids is 2. The highest BCUT2D eigenvalue weighted by Crippen LogP contribution is 2.42. The van der Waals surface area contributed by atoms with Gasteiger partial charge in [0.25, 0.3) is 5.91 Å². The van der Waals surface area contributed by atoms with Crippen LogP contribution in [-0.2, 0) is 0 Å². The first-order chi connectivity index (χ1) is 18.2. The number of nitrogens with two attached hydrogens (primary N) is 1. The van der Waals surface area contributed by atoms with E-state index in [2.05, 4.69) is 5.32 Å². The van der Waals surface area contributed by atoms with Crippen molar-refractivity contribution in [3.8, 4) is 22.5 Å². The Morgan fingerprint density at radius 3 is 2.38 bits per heavy atom. The third-order valence-corrected chi connectivity index (χ3v) is 6.66. The third kappa shape index (κ3) is 6.41. The van der Waals surface area contributed by atoms with Gasteiger partial charge in [0, 0.05) is 66.1 Å². The second-order valence-corrected chi connectivity index (χ2v) is 9.78. The fourth-order valence-electron chi connectivity index (χ4n) is 4.54. The summed E-state index contributed by atoms with van der Waals surface area (Å²) in [6, 6.07) is 16.4. The Hall–Kier alpha value is -3.88. The summed E-state index contributed by atoms with van der Waals surface area (Å²) in [6.45, 7) is 1.12. The van der Waals surface area contributed by atoms with Crippen LogP contribution in [0.25, 0.3) is 33.4 Å². The maximum absolute atomic E-state index is 12.8. The van der Waals surface area contributed by atoms with Crippen molar-refractivity contribution < 1.29 is 19.1 Å². The molecule has 39 heavy (non-hydrogen) atoms. The second-order valence-electron chi connectivity index (χ2n) is 9.78. The number of hydrogen-bond acceptors (Lipinski definition) is 6. The molecule has 3 N–H and O–H groups in total. The van der Waals surface area contributed by atoms with E-state index in [1.54, 1.807) is 12.1 Å². The third-order valence-electron chi connectivity index (χ3n) is 6.66. The van der Waals surface area contributed by atoms with Gasteiger partial charge in [0.1, 0.15) is 25.4 Å². The fourth-order valence-corrected chi connectivity index (χ4v) is 4.54. The summed E-state index contributed by atoms with van der Waals surface area (Å²) < 4.78 is 8.31. The van der Waals surface area contributed by atoms with Crippen molar-refractivity contribution in [1.29, 1.82) is 0 Å². The van der Waals surface area contributed by atoms with Crippen LogP contribution in [0.3, 0.4) is 0 Å². The summed E-state index contributed by atoms with van der Waals surface area (Å²) in [5.41, 5.74) is 9.25. The van der Waals surface area contributed by atoms with Crippen molar-refractivity contribution in [2.75, 3.05) is 46.2 Å². The van der Waals surface area contributed by atoms with Gasteiger partial charge in [-0.15, -0.1) is 12.4 Å². The van der Waals surface area contributed by atoms with E-state index >= 15 is 0 Å². The number of nitrogens with one attached hydrogen (secondary N) is 1. The number of carboxylic acid groups (broad SMARTS) is 1. The number of aromatic carboxylic acids is 1. The molecule has 4 rings (SSSR count). The first kappa shape index (κ1) is 29.7. The lowest BCUT2D eigenvalue weighted by molar-refractivity contribution is -0.254. The van der Waals surface area contributed by atoms with Gasteiger partial charge in [0.15, 0.2) is 0 Å².